The molecular weight excluding hydrogens is 481 g/mol. The third-order valence-electron chi connectivity index (χ3n) is 4.08. The summed E-state index contributed by atoms with van der Waals surface area (Å²) in [5.74, 6) is 0.935. The van der Waals surface area contributed by atoms with Gasteiger partial charge in [0, 0.05) is 32.6 Å². The standard InChI is InChI=1S/C17H27N5O3S.HI/c1-2-19-17(20-10-4-12-22-11-3-5-16(22)23)21-13-14-6-8-15(9-7-14)26(18,24)25;/h6-9H,2-5,10-13H2,1H3,(H2,18,24,25)(H2,19,20,21);1H. The van der Waals surface area contributed by atoms with Gasteiger partial charge in [-0.25, -0.2) is 18.5 Å². The van der Waals surface area contributed by atoms with Crippen LogP contribution in [0.5, 0.6) is 0 Å². The van der Waals surface area contributed by atoms with Gasteiger partial charge in [0.25, 0.3) is 0 Å². The van der Waals surface area contributed by atoms with E-state index in [-0.39, 0.29) is 34.8 Å². The summed E-state index contributed by atoms with van der Waals surface area (Å²) < 4.78 is 22.5. The van der Waals surface area contributed by atoms with Crippen molar-refractivity contribution in [2.24, 2.45) is 10.1 Å². The molecule has 0 spiro atoms. The molecule has 0 radical (unpaired) electrons. The normalized spacial score (nSPS) is 14.8. The highest BCUT2D eigenvalue weighted by atomic mass is 127. The predicted octanol–water partition coefficient (Wildman–Crippen LogP) is 1.02. The highest BCUT2D eigenvalue weighted by molar-refractivity contribution is 14.0. The fourth-order valence-corrected chi connectivity index (χ4v) is 3.23. The summed E-state index contributed by atoms with van der Waals surface area (Å²) in [4.78, 5) is 18.1. The molecule has 152 valence electrons. The molecule has 1 aliphatic rings. The molecule has 0 atom stereocenters. The van der Waals surface area contributed by atoms with E-state index in [9.17, 15) is 13.2 Å². The van der Waals surface area contributed by atoms with E-state index in [4.69, 9.17) is 5.14 Å². The number of nitrogens with zero attached hydrogens (tertiary/aromatic N) is 2. The Morgan fingerprint density at radius 2 is 1.96 bits per heavy atom. The zero-order valence-electron chi connectivity index (χ0n) is 15.5. The minimum Gasteiger partial charge on any atom is -0.357 e. The van der Waals surface area contributed by atoms with Gasteiger partial charge in [-0.2, -0.15) is 0 Å². The van der Waals surface area contributed by atoms with E-state index in [0.29, 0.717) is 18.9 Å². The molecule has 1 fully saturated rings. The summed E-state index contributed by atoms with van der Waals surface area (Å²) in [7, 11) is -3.67. The number of benzene rings is 1. The number of nitrogens with one attached hydrogen (secondary N) is 2. The molecule has 4 N–H and O–H groups in total. The zero-order chi connectivity index (χ0) is 19.0. The van der Waals surface area contributed by atoms with E-state index in [1.54, 1.807) is 12.1 Å². The third-order valence-corrected chi connectivity index (χ3v) is 5.01. The van der Waals surface area contributed by atoms with Gasteiger partial charge in [0.1, 0.15) is 0 Å². The smallest absolute Gasteiger partial charge is 0.238 e. The van der Waals surface area contributed by atoms with E-state index >= 15 is 0 Å². The maximum absolute atomic E-state index is 11.6. The number of halogens is 1. The number of sulfonamides is 1. The van der Waals surface area contributed by atoms with Crippen LogP contribution in [0.25, 0.3) is 0 Å². The fraction of sp³-hybridized carbons (Fsp3) is 0.529. The minimum atomic E-state index is -3.67. The lowest BCUT2D eigenvalue weighted by atomic mass is 10.2. The second kappa shape index (κ2) is 11.4. The monoisotopic (exact) mass is 509 g/mol. The molecule has 2 rings (SSSR count). The number of hydrogen-bond acceptors (Lipinski definition) is 4. The molecule has 1 aromatic rings. The van der Waals surface area contributed by atoms with Gasteiger partial charge in [-0.3, -0.25) is 4.79 Å². The highest BCUT2D eigenvalue weighted by Crippen LogP contribution is 2.10. The van der Waals surface area contributed by atoms with Gasteiger partial charge in [0.2, 0.25) is 15.9 Å². The Bertz CT molecular complexity index is 737. The Balaban J connectivity index is 0.00000364. The molecule has 1 saturated heterocycles. The van der Waals surface area contributed by atoms with Gasteiger partial charge < -0.3 is 15.5 Å². The lowest BCUT2D eigenvalue weighted by Crippen LogP contribution is -2.39. The second-order valence-electron chi connectivity index (χ2n) is 6.15. The average molecular weight is 509 g/mol. The summed E-state index contributed by atoms with van der Waals surface area (Å²) in [5.41, 5.74) is 0.886. The van der Waals surface area contributed by atoms with Crippen molar-refractivity contribution in [3.8, 4) is 0 Å². The van der Waals surface area contributed by atoms with Crippen LogP contribution in [-0.2, 0) is 21.4 Å². The quantitative estimate of drug-likeness (QED) is 0.210. The first-order valence-electron chi connectivity index (χ1n) is 8.82. The fourth-order valence-electron chi connectivity index (χ4n) is 2.71. The van der Waals surface area contributed by atoms with Crippen molar-refractivity contribution in [1.82, 2.24) is 15.5 Å². The lowest BCUT2D eigenvalue weighted by Gasteiger charge is -2.16. The average Bonchev–Trinajstić information content (AvgIpc) is 3.01. The van der Waals surface area contributed by atoms with Crippen LogP contribution >= 0.6 is 24.0 Å². The van der Waals surface area contributed by atoms with E-state index in [2.05, 4.69) is 15.6 Å². The zero-order valence-corrected chi connectivity index (χ0v) is 18.6. The number of primary sulfonamides is 1. The molecular formula is C17H28IN5O3S. The maximum atomic E-state index is 11.6. The molecule has 1 aromatic carbocycles. The first-order chi connectivity index (χ1) is 12.4. The van der Waals surface area contributed by atoms with Crippen molar-refractivity contribution in [2.75, 3.05) is 26.2 Å². The van der Waals surface area contributed by atoms with Crippen molar-refractivity contribution in [3.05, 3.63) is 29.8 Å². The van der Waals surface area contributed by atoms with Gasteiger partial charge in [0.05, 0.1) is 11.4 Å². The third kappa shape index (κ3) is 8.01. The minimum absolute atomic E-state index is 0. The molecule has 0 bridgehead atoms. The molecule has 10 heteroatoms. The number of carbonyl (C=O) groups is 1. The van der Waals surface area contributed by atoms with Gasteiger partial charge in [-0.1, -0.05) is 12.1 Å². The number of hydrogen-bond donors (Lipinski definition) is 3. The molecule has 1 amide bonds. The lowest BCUT2D eigenvalue weighted by molar-refractivity contribution is -0.127. The SMILES string of the molecule is CCNC(=NCc1ccc(S(N)(=O)=O)cc1)NCCCN1CCCC1=O.I. The predicted molar refractivity (Wildman–Crippen MR) is 116 cm³/mol. The van der Waals surface area contributed by atoms with Crippen LogP contribution in [0.2, 0.25) is 0 Å². The number of carbonyl (C=O) groups excluding carboxylic acids is 1. The number of nitrogens with two attached hydrogens (primary N) is 1. The van der Waals surface area contributed by atoms with Crippen molar-refractivity contribution in [1.29, 1.82) is 0 Å². The number of rotatable bonds is 8. The van der Waals surface area contributed by atoms with Crippen molar-refractivity contribution < 1.29 is 13.2 Å². The van der Waals surface area contributed by atoms with Crippen LogP contribution in [0.15, 0.2) is 34.2 Å². The molecule has 1 heterocycles. The molecule has 1 aliphatic heterocycles. The molecule has 0 saturated carbocycles. The number of amides is 1. The summed E-state index contributed by atoms with van der Waals surface area (Å²) in [6, 6.07) is 6.36. The Hall–Kier alpha value is -1.40. The Kier molecular flexibility index (Phi) is 10.0. The number of likely N-dealkylation sites (tertiary alicyclic amines) is 1. The van der Waals surface area contributed by atoms with Gasteiger partial charge in [-0.15, -0.1) is 24.0 Å². The van der Waals surface area contributed by atoms with Gasteiger partial charge in [-0.05, 0) is 37.5 Å². The molecule has 0 aliphatic carbocycles. The first kappa shape index (κ1) is 23.6. The summed E-state index contributed by atoms with van der Waals surface area (Å²) in [5, 5.41) is 11.5. The number of guanidine groups is 1. The van der Waals surface area contributed by atoms with Crippen LogP contribution in [-0.4, -0.2) is 51.4 Å². The van der Waals surface area contributed by atoms with E-state index in [1.807, 2.05) is 11.8 Å². The largest absolute Gasteiger partial charge is 0.357 e. The van der Waals surface area contributed by atoms with Gasteiger partial charge >= 0.3 is 0 Å². The van der Waals surface area contributed by atoms with E-state index < -0.39 is 10.0 Å². The van der Waals surface area contributed by atoms with Crippen molar-refractivity contribution in [2.45, 2.75) is 37.6 Å². The summed E-state index contributed by atoms with van der Waals surface area (Å²) in [6.45, 7) is 5.49. The van der Waals surface area contributed by atoms with Crippen molar-refractivity contribution in [3.63, 3.8) is 0 Å². The summed E-state index contributed by atoms with van der Waals surface area (Å²) in [6.07, 6.45) is 2.49. The molecule has 0 aromatic heterocycles. The van der Waals surface area contributed by atoms with E-state index in [0.717, 1.165) is 44.6 Å². The second-order valence-corrected chi connectivity index (χ2v) is 7.71. The molecule has 8 nitrogen and oxygen atoms in total. The number of aliphatic imine (C=N–C) groups is 1. The van der Waals surface area contributed by atoms with Crippen LogP contribution < -0.4 is 15.8 Å². The maximum Gasteiger partial charge on any atom is 0.238 e. The highest BCUT2D eigenvalue weighted by Gasteiger charge is 2.18. The van der Waals surface area contributed by atoms with Gasteiger partial charge in [0.15, 0.2) is 5.96 Å². The Labute approximate surface area is 178 Å². The molecule has 27 heavy (non-hydrogen) atoms. The van der Waals surface area contributed by atoms with Crippen molar-refractivity contribution >= 4 is 45.9 Å². The van der Waals surface area contributed by atoms with E-state index in [1.165, 1.54) is 12.1 Å². The molecule has 0 unspecified atom stereocenters. The Morgan fingerprint density at radius 1 is 1.26 bits per heavy atom. The summed E-state index contributed by atoms with van der Waals surface area (Å²) >= 11 is 0. The van der Waals surface area contributed by atoms with Crippen LogP contribution in [0.1, 0.15) is 31.7 Å². The van der Waals surface area contributed by atoms with Crippen LogP contribution in [0, 0.1) is 0 Å². The Morgan fingerprint density at radius 3 is 2.52 bits per heavy atom. The van der Waals surface area contributed by atoms with Crippen LogP contribution in [0.3, 0.4) is 0 Å². The first-order valence-corrected chi connectivity index (χ1v) is 10.4. The topological polar surface area (TPSA) is 117 Å². The van der Waals surface area contributed by atoms with Crippen LogP contribution in [0.4, 0.5) is 0 Å².